The lowest BCUT2D eigenvalue weighted by Gasteiger charge is -2.19. The molecule has 3 rings (SSSR count). The SMILES string of the molecule is CCOc1ccccc1C(=O)N1CC[C@H](c2cc(OC)ccc2OC)C1. The number of amides is 1. The zero-order valence-electron chi connectivity index (χ0n) is 15.5. The number of para-hydroxylation sites is 1. The first kappa shape index (κ1) is 18.1. The van der Waals surface area contributed by atoms with Crippen LogP contribution in [0.1, 0.15) is 35.2 Å². The van der Waals surface area contributed by atoms with Gasteiger partial charge in [-0.25, -0.2) is 0 Å². The van der Waals surface area contributed by atoms with Gasteiger partial charge in [0.05, 0.1) is 26.4 Å². The zero-order valence-corrected chi connectivity index (χ0v) is 15.5. The molecule has 26 heavy (non-hydrogen) atoms. The number of likely N-dealkylation sites (tertiary alicyclic amines) is 1. The van der Waals surface area contributed by atoms with Crippen LogP contribution in [-0.2, 0) is 0 Å². The number of ether oxygens (including phenoxy) is 3. The third-order valence-corrected chi connectivity index (χ3v) is 4.77. The fraction of sp³-hybridized carbons (Fsp3) is 0.381. The van der Waals surface area contributed by atoms with E-state index in [9.17, 15) is 4.79 Å². The first-order valence-corrected chi connectivity index (χ1v) is 8.91. The Kier molecular flexibility index (Phi) is 5.66. The lowest BCUT2D eigenvalue weighted by molar-refractivity contribution is 0.0786. The number of hydrogen-bond donors (Lipinski definition) is 0. The van der Waals surface area contributed by atoms with Crippen LogP contribution in [0.3, 0.4) is 0 Å². The van der Waals surface area contributed by atoms with Gasteiger partial charge >= 0.3 is 0 Å². The van der Waals surface area contributed by atoms with Crippen LogP contribution < -0.4 is 14.2 Å². The van der Waals surface area contributed by atoms with Gasteiger partial charge in [0.2, 0.25) is 0 Å². The molecule has 0 saturated carbocycles. The molecule has 0 aromatic heterocycles. The third kappa shape index (κ3) is 3.62. The van der Waals surface area contributed by atoms with Gasteiger partial charge < -0.3 is 19.1 Å². The van der Waals surface area contributed by atoms with Gasteiger partial charge in [-0.15, -0.1) is 0 Å². The maximum atomic E-state index is 13.0. The molecule has 0 radical (unpaired) electrons. The van der Waals surface area contributed by atoms with Crippen LogP contribution in [-0.4, -0.2) is 44.7 Å². The number of carbonyl (C=O) groups excluding carboxylic acids is 1. The molecule has 2 aromatic carbocycles. The number of methoxy groups -OCH3 is 2. The first-order chi connectivity index (χ1) is 12.7. The van der Waals surface area contributed by atoms with E-state index < -0.39 is 0 Å². The van der Waals surface area contributed by atoms with Gasteiger partial charge in [0.1, 0.15) is 17.2 Å². The van der Waals surface area contributed by atoms with E-state index in [0.29, 0.717) is 31.0 Å². The van der Waals surface area contributed by atoms with Crippen molar-refractivity contribution in [3.05, 3.63) is 53.6 Å². The molecule has 1 aliphatic heterocycles. The second kappa shape index (κ2) is 8.13. The average Bonchev–Trinajstić information content (AvgIpc) is 3.17. The van der Waals surface area contributed by atoms with E-state index in [2.05, 4.69) is 0 Å². The zero-order chi connectivity index (χ0) is 18.5. The standard InChI is InChI=1S/C21H25NO4/c1-4-26-20-8-6-5-7-17(20)21(23)22-12-11-15(14-22)18-13-16(24-2)9-10-19(18)25-3/h5-10,13,15H,4,11-12,14H2,1-3H3/t15-/m0/s1. The Balaban J connectivity index is 1.80. The number of nitrogens with zero attached hydrogens (tertiary/aromatic N) is 1. The smallest absolute Gasteiger partial charge is 0.257 e. The highest BCUT2D eigenvalue weighted by molar-refractivity contribution is 5.97. The highest BCUT2D eigenvalue weighted by atomic mass is 16.5. The summed E-state index contributed by atoms with van der Waals surface area (Å²) in [5, 5.41) is 0. The largest absolute Gasteiger partial charge is 0.497 e. The van der Waals surface area contributed by atoms with E-state index in [4.69, 9.17) is 14.2 Å². The maximum absolute atomic E-state index is 13.0. The van der Waals surface area contributed by atoms with Gasteiger partial charge in [0, 0.05) is 24.6 Å². The predicted octanol–water partition coefficient (Wildman–Crippen LogP) is 3.73. The van der Waals surface area contributed by atoms with Crippen LogP contribution in [0.2, 0.25) is 0 Å². The normalized spacial score (nSPS) is 16.4. The molecule has 5 heteroatoms. The predicted molar refractivity (Wildman–Crippen MR) is 100 cm³/mol. The molecular weight excluding hydrogens is 330 g/mol. The van der Waals surface area contributed by atoms with Gasteiger partial charge in [-0.1, -0.05) is 12.1 Å². The monoisotopic (exact) mass is 355 g/mol. The summed E-state index contributed by atoms with van der Waals surface area (Å²) in [6, 6.07) is 13.2. The summed E-state index contributed by atoms with van der Waals surface area (Å²) in [6.07, 6.45) is 0.895. The Labute approximate surface area is 154 Å². The van der Waals surface area contributed by atoms with Crippen LogP contribution in [0.15, 0.2) is 42.5 Å². The molecule has 138 valence electrons. The minimum Gasteiger partial charge on any atom is -0.497 e. The Bertz CT molecular complexity index is 774. The highest BCUT2D eigenvalue weighted by Crippen LogP contribution is 2.36. The molecule has 1 amide bonds. The molecule has 1 heterocycles. The summed E-state index contributed by atoms with van der Waals surface area (Å²) >= 11 is 0. The van der Waals surface area contributed by atoms with E-state index in [1.165, 1.54) is 0 Å². The maximum Gasteiger partial charge on any atom is 0.257 e. The molecule has 0 unspecified atom stereocenters. The first-order valence-electron chi connectivity index (χ1n) is 8.91. The van der Waals surface area contributed by atoms with Gasteiger partial charge in [0.25, 0.3) is 5.91 Å². The third-order valence-electron chi connectivity index (χ3n) is 4.77. The molecule has 0 spiro atoms. The summed E-state index contributed by atoms with van der Waals surface area (Å²) in [4.78, 5) is 14.9. The number of carbonyl (C=O) groups is 1. The minimum absolute atomic E-state index is 0.0124. The van der Waals surface area contributed by atoms with E-state index in [0.717, 1.165) is 23.5 Å². The lowest BCUT2D eigenvalue weighted by atomic mass is 9.97. The van der Waals surface area contributed by atoms with Crippen LogP contribution in [0, 0.1) is 0 Å². The minimum atomic E-state index is 0.0124. The van der Waals surface area contributed by atoms with Crippen molar-refractivity contribution in [3.8, 4) is 17.2 Å². The van der Waals surface area contributed by atoms with E-state index in [1.807, 2.05) is 54.3 Å². The average molecular weight is 355 g/mol. The van der Waals surface area contributed by atoms with Gasteiger partial charge in [0.15, 0.2) is 0 Å². The van der Waals surface area contributed by atoms with Crippen molar-refractivity contribution in [1.82, 2.24) is 4.90 Å². The topological polar surface area (TPSA) is 48.0 Å². The van der Waals surface area contributed by atoms with Crippen molar-refractivity contribution in [2.45, 2.75) is 19.3 Å². The molecule has 5 nitrogen and oxygen atoms in total. The Hall–Kier alpha value is -2.69. The fourth-order valence-corrected chi connectivity index (χ4v) is 3.45. The van der Waals surface area contributed by atoms with Crippen LogP contribution in [0.5, 0.6) is 17.2 Å². The number of benzene rings is 2. The highest BCUT2D eigenvalue weighted by Gasteiger charge is 2.31. The summed E-state index contributed by atoms with van der Waals surface area (Å²) in [6.45, 7) is 3.82. The van der Waals surface area contributed by atoms with Crippen LogP contribution >= 0.6 is 0 Å². The Morgan fingerprint density at radius 3 is 2.65 bits per heavy atom. The summed E-state index contributed by atoms with van der Waals surface area (Å²) < 4.78 is 16.5. The molecule has 0 N–H and O–H groups in total. The van der Waals surface area contributed by atoms with Crippen molar-refractivity contribution in [2.24, 2.45) is 0 Å². The van der Waals surface area contributed by atoms with Gasteiger partial charge in [-0.2, -0.15) is 0 Å². The van der Waals surface area contributed by atoms with Crippen molar-refractivity contribution in [3.63, 3.8) is 0 Å². The van der Waals surface area contributed by atoms with Crippen molar-refractivity contribution in [2.75, 3.05) is 33.9 Å². The van der Waals surface area contributed by atoms with Crippen molar-refractivity contribution in [1.29, 1.82) is 0 Å². The summed E-state index contributed by atoms with van der Waals surface area (Å²) in [7, 11) is 3.32. The van der Waals surface area contributed by atoms with E-state index >= 15 is 0 Å². The molecule has 1 aliphatic rings. The van der Waals surface area contributed by atoms with Gasteiger partial charge in [-0.3, -0.25) is 4.79 Å². The molecular formula is C21H25NO4. The van der Waals surface area contributed by atoms with Crippen LogP contribution in [0.25, 0.3) is 0 Å². The summed E-state index contributed by atoms with van der Waals surface area (Å²) in [5.41, 5.74) is 1.70. The second-order valence-electron chi connectivity index (χ2n) is 6.27. The van der Waals surface area contributed by atoms with Gasteiger partial charge in [-0.05, 0) is 43.7 Å². The van der Waals surface area contributed by atoms with Crippen molar-refractivity contribution < 1.29 is 19.0 Å². The summed E-state index contributed by atoms with van der Waals surface area (Å²) in [5.74, 6) is 2.51. The Morgan fingerprint density at radius 2 is 1.92 bits per heavy atom. The molecule has 1 fully saturated rings. The fourth-order valence-electron chi connectivity index (χ4n) is 3.45. The van der Waals surface area contributed by atoms with E-state index in [-0.39, 0.29) is 11.8 Å². The Morgan fingerprint density at radius 1 is 1.12 bits per heavy atom. The van der Waals surface area contributed by atoms with E-state index in [1.54, 1.807) is 14.2 Å². The second-order valence-corrected chi connectivity index (χ2v) is 6.27. The lowest BCUT2D eigenvalue weighted by Crippen LogP contribution is -2.29. The molecule has 1 saturated heterocycles. The molecule has 1 atom stereocenters. The number of hydrogen-bond acceptors (Lipinski definition) is 4. The quantitative estimate of drug-likeness (QED) is 0.792. The molecule has 2 aromatic rings. The molecule has 0 bridgehead atoms. The van der Waals surface area contributed by atoms with Crippen molar-refractivity contribution >= 4 is 5.91 Å². The van der Waals surface area contributed by atoms with Crippen LogP contribution in [0.4, 0.5) is 0 Å². The number of rotatable bonds is 6. The molecule has 0 aliphatic carbocycles.